The van der Waals surface area contributed by atoms with E-state index in [1.54, 1.807) is 0 Å². The van der Waals surface area contributed by atoms with Crippen molar-refractivity contribution in [2.75, 3.05) is 23.3 Å². The highest BCUT2D eigenvalue weighted by Crippen LogP contribution is 2.48. The van der Waals surface area contributed by atoms with Gasteiger partial charge in [-0.25, -0.2) is 0 Å². The van der Waals surface area contributed by atoms with Crippen molar-refractivity contribution >= 4 is 23.0 Å². The first-order chi connectivity index (χ1) is 18.2. The van der Waals surface area contributed by atoms with Crippen LogP contribution in [-0.2, 0) is 10.8 Å². The number of allylic oxidation sites excluding steroid dienone is 8. The van der Waals surface area contributed by atoms with E-state index in [1.807, 2.05) is 0 Å². The lowest BCUT2D eigenvalue weighted by Crippen LogP contribution is -2.26. The Hall–Kier alpha value is -2.71. The number of hydrogen-bond acceptors (Lipinski definition) is 2. The van der Waals surface area contributed by atoms with Crippen LogP contribution in [0.5, 0.6) is 0 Å². The third kappa shape index (κ3) is 5.81. The van der Waals surface area contributed by atoms with Crippen LogP contribution in [0, 0.1) is 0 Å². The lowest BCUT2D eigenvalue weighted by molar-refractivity contribution is 0.535. The van der Waals surface area contributed by atoms with Crippen LogP contribution < -0.4 is 10.2 Å². The van der Waals surface area contributed by atoms with E-state index in [0.29, 0.717) is 0 Å². The van der Waals surface area contributed by atoms with Crippen molar-refractivity contribution in [1.82, 2.24) is 0 Å². The molecule has 0 fully saturated rings. The second-order valence-electron chi connectivity index (χ2n) is 11.8. The molecule has 202 valence electrons. The molecule has 0 amide bonds. The first kappa shape index (κ1) is 28.3. The highest BCUT2D eigenvalue weighted by Gasteiger charge is 2.39. The normalized spacial score (nSPS) is 19.3. The second-order valence-corrected chi connectivity index (χ2v) is 12.2. The molecule has 0 aromatic heterocycles. The minimum Gasteiger partial charge on any atom is -0.385 e. The summed E-state index contributed by atoms with van der Waals surface area (Å²) < 4.78 is 0. The molecule has 0 atom stereocenters. The van der Waals surface area contributed by atoms with Gasteiger partial charge in [0, 0.05) is 40.6 Å². The Morgan fingerprint density at radius 3 is 2.47 bits per heavy atom. The van der Waals surface area contributed by atoms with Gasteiger partial charge in [0.2, 0.25) is 0 Å². The molecule has 2 nitrogen and oxygen atoms in total. The number of para-hydroxylation sites is 2. The van der Waals surface area contributed by atoms with Gasteiger partial charge in [-0.1, -0.05) is 108 Å². The molecule has 0 saturated carbocycles. The Morgan fingerprint density at radius 2 is 1.71 bits per heavy atom. The van der Waals surface area contributed by atoms with Crippen LogP contribution in [-0.4, -0.2) is 13.1 Å². The summed E-state index contributed by atoms with van der Waals surface area (Å²) in [5, 5.41) is 4.53. The molecule has 0 saturated heterocycles. The molecule has 0 bridgehead atoms. The minimum atomic E-state index is -0.0196. The van der Waals surface area contributed by atoms with E-state index in [-0.39, 0.29) is 10.8 Å². The molecular formula is C35H45ClN2. The van der Waals surface area contributed by atoms with Crippen LogP contribution in [0.1, 0.15) is 84.8 Å². The quantitative estimate of drug-likeness (QED) is 0.330. The van der Waals surface area contributed by atoms with Crippen LogP contribution in [0.3, 0.4) is 0 Å². The average molecular weight is 529 g/mol. The standard InChI is InChI=1S/C35H45ClN2/c1-7-24-37-30-17-11-9-15-28(30)34(3,4)23-13-14-26-19-20-27(33(26)36)21-22-32-35(5,6)29-16-10-12-18-31(29)38(32)25-8-2/h9-18,21-22,37H,7-8,19-20,23-25H2,1-6H3/b14-13+,27-21+,32-22+. The molecule has 2 aliphatic rings. The van der Waals surface area contributed by atoms with Crippen molar-refractivity contribution in [3.8, 4) is 0 Å². The molecule has 1 aliphatic carbocycles. The third-order valence-electron chi connectivity index (χ3n) is 8.09. The molecule has 1 aliphatic heterocycles. The van der Waals surface area contributed by atoms with Crippen molar-refractivity contribution in [3.63, 3.8) is 0 Å². The fraction of sp³-hybridized carbons (Fsp3) is 0.429. The van der Waals surface area contributed by atoms with Gasteiger partial charge >= 0.3 is 0 Å². The van der Waals surface area contributed by atoms with Gasteiger partial charge in [-0.15, -0.1) is 0 Å². The second kappa shape index (κ2) is 12.0. The fourth-order valence-corrected chi connectivity index (χ4v) is 6.20. The van der Waals surface area contributed by atoms with Crippen LogP contribution in [0.15, 0.2) is 94.7 Å². The van der Waals surface area contributed by atoms with Crippen molar-refractivity contribution in [1.29, 1.82) is 0 Å². The molecule has 0 radical (unpaired) electrons. The lowest BCUT2D eigenvalue weighted by atomic mass is 9.80. The summed E-state index contributed by atoms with van der Waals surface area (Å²) in [7, 11) is 0. The van der Waals surface area contributed by atoms with Gasteiger partial charge in [0.05, 0.1) is 0 Å². The highest BCUT2D eigenvalue weighted by atomic mass is 35.5. The molecular weight excluding hydrogens is 484 g/mol. The third-order valence-corrected chi connectivity index (χ3v) is 8.57. The average Bonchev–Trinajstić information content (AvgIpc) is 3.35. The summed E-state index contributed by atoms with van der Waals surface area (Å²) in [6.07, 6.45) is 14.4. The van der Waals surface area contributed by atoms with Gasteiger partial charge in [0.15, 0.2) is 0 Å². The Balaban J connectivity index is 1.52. The van der Waals surface area contributed by atoms with Gasteiger partial charge < -0.3 is 10.2 Å². The molecule has 38 heavy (non-hydrogen) atoms. The monoisotopic (exact) mass is 528 g/mol. The summed E-state index contributed by atoms with van der Waals surface area (Å²) in [6, 6.07) is 17.6. The van der Waals surface area contributed by atoms with Gasteiger partial charge in [-0.2, -0.15) is 0 Å². The first-order valence-electron chi connectivity index (χ1n) is 14.4. The van der Waals surface area contributed by atoms with E-state index in [9.17, 15) is 0 Å². The van der Waals surface area contributed by atoms with E-state index in [4.69, 9.17) is 11.6 Å². The number of rotatable bonds is 10. The molecule has 4 rings (SSSR count). The van der Waals surface area contributed by atoms with Crippen LogP contribution in [0.4, 0.5) is 11.4 Å². The zero-order valence-corrected chi connectivity index (χ0v) is 25.0. The molecule has 2 aromatic carbocycles. The summed E-state index contributed by atoms with van der Waals surface area (Å²) >= 11 is 6.94. The minimum absolute atomic E-state index is 0.0196. The Kier molecular flexibility index (Phi) is 8.93. The number of benzene rings is 2. The van der Waals surface area contributed by atoms with Crippen LogP contribution in [0.2, 0.25) is 0 Å². The summed E-state index contributed by atoms with van der Waals surface area (Å²) in [5.74, 6) is 0. The Labute approximate surface area is 236 Å². The molecule has 1 heterocycles. The van der Waals surface area contributed by atoms with Crippen molar-refractivity contribution in [3.05, 3.63) is 106 Å². The van der Waals surface area contributed by atoms with E-state index < -0.39 is 0 Å². The van der Waals surface area contributed by atoms with E-state index in [1.165, 1.54) is 39.3 Å². The van der Waals surface area contributed by atoms with Gasteiger partial charge in [-0.05, 0) is 78.0 Å². The number of anilines is 2. The number of nitrogens with zero attached hydrogens (tertiary/aromatic N) is 1. The number of fused-ring (bicyclic) bond motifs is 1. The topological polar surface area (TPSA) is 15.3 Å². The zero-order chi connectivity index (χ0) is 27.3. The summed E-state index contributed by atoms with van der Waals surface area (Å²) in [5.41, 5.74) is 9.24. The molecule has 0 unspecified atom stereocenters. The predicted molar refractivity (Wildman–Crippen MR) is 167 cm³/mol. The fourth-order valence-electron chi connectivity index (χ4n) is 5.89. The lowest BCUT2D eigenvalue weighted by Gasteiger charge is -2.27. The van der Waals surface area contributed by atoms with Crippen LogP contribution in [0.25, 0.3) is 0 Å². The zero-order valence-electron chi connectivity index (χ0n) is 24.2. The van der Waals surface area contributed by atoms with E-state index in [2.05, 4.69) is 125 Å². The Morgan fingerprint density at radius 1 is 0.974 bits per heavy atom. The summed E-state index contributed by atoms with van der Waals surface area (Å²) in [6.45, 7) is 15.8. The van der Waals surface area contributed by atoms with Crippen molar-refractivity contribution < 1.29 is 0 Å². The molecule has 1 N–H and O–H groups in total. The summed E-state index contributed by atoms with van der Waals surface area (Å²) in [4.78, 5) is 2.50. The maximum absolute atomic E-state index is 6.94. The molecule has 0 spiro atoms. The first-order valence-corrected chi connectivity index (χ1v) is 14.8. The van der Waals surface area contributed by atoms with Crippen molar-refractivity contribution in [2.24, 2.45) is 0 Å². The van der Waals surface area contributed by atoms with Gasteiger partial charge in [0.25, 0.3) is 0 Å². The molecule has 2 aromatic rings. The number of hydrogen-bond donors (Lipinski definition) is 1. The van der Waals surface area contributed by atoms with E-state index >= 15 is 0 Å². The Bertz CT molecular complexity index is 1260. The van der Waals surface area contributed by atoms with Gasteiger partial charge in [-0.3, -0.25) is 0 Å². The molecule has 3 heteroatoms. The van der Waals surface area contributed by atoms with E-state index in [0.717, 1.165) is 50.2 Å². The predicted octanol–water partition coefficient (Wildman–Crippen LogP) is 10.0. The number of nitrogens with one attached hydrogen (secondary N) is 1. The van der Waals surface area contributed by atoms with Crippen LogP contribution >= 0.6 is 11.6 Å². The smallest absolute Gasteiger partial charge is 0.0470 e. The highest BCUT2D eigenvalue weighted by molar-refractivity contribution is 6.33. The van der Waals surface area contributed by atoms with Gasteiger partial charge in [0.1, 0.15) is 0 Å². The maximum Gasteiger partial charge on any atom is 0.0470 e. The largest absolute Gasteiger partial charge is 0.385 e. The van der Waals surface area contributed by atoms with Crippen molar-refractivity contribution in [2.45, 2.75) is 84.5 Å². The maximum atomic E-state index is 6.94. The SMILES string of the molecule is CCCNc1ccccc1C(C)(C)C/C=C/C1=C(Cl)C(=C/C=C2/N(CCC)c3ccccc3C2(C)C)/CC1. The number of halogens is 1.